The van der Waals surface area contributed by atoms with Gasteiger partial charge in [-0.15, -0.1) is 0 Å². The molecule has 0 radical (unpaired) electrons. The summed E-state index contributed by atoms with van der Waals surface area (Å²) in [5.74, 6) is 0.926. The molecule has 0 aliphatic carbocycles. The predicted molar refractivity (Wildman–Crippen MR) is 93.1 cm³/mol. The van der Waals surface area contributed by atoms with E-state index in [2.05, 4.69) is 10.4 Å². The van der Waals surface area contributed by atoms with E-state index in [0.29, 0.717) is 18.9 Å². The van der Waals surface area contributed by atoms with Crippen LogP contribution in [0.1, 0.15) is 17.7 Å². The highest BCUT2D eigenvalue weighted by Crippen LogP contribution is 2.23. The maximum Gasteiger partial charge on any atom is 0.230 e. The van der Waals surface area contributed by atoms with Crippen molar-refractivity contribution in [3.8, 4) is 5.75 Å². The lowest BCUT2D eigenvalue weighted by Gasteiger charge is -2.17. The van der Waals surface area contributed by atoms with E-state index in [9.17, 15) is 9.59 Å². The molecule has 0 saturated carbocycles. The fourth-order valence-corrected chi connectivity index (χ4v) is 3.01. The first-order valence-electron chi connectivity index (χ1n) is 8.18. The molecule has 132 valence electrons. The Hall–Kier alpha value is -2.83. The minimum atomic E-state index is -0.346. The number of ether oxygens (including phenoxy) is 1. The van der Waals surface area contributed by atoms with E-state index in [0.717, 1.165) is 17.0 Å². The van der Waals surface area contributed by atoms with E-state index >= 15 is 0 Å². The van der Waals surface area contributed by atoms with Crippen LogP contribution in [0.2, 0.25) is 0 Å². The summed E-state index contributed by atoms with van der Waals surface area (Å²) in [5.41, 5.74) is 1.85. The molecule has 1 atom stereocenters. The highest BCUT2D eigenvalue weighted by molar-refractivity contribution is 5.96. The van der Waals surface area contributed by atoms with Gasteiger partial charge in [0.05, 0.1) is 18.7 Å². The van der Waals surface area contributed by atoms with E-state index in [-0.39, 0.29) is 24.2 Å². The molecule has 1 fully saturated rings. The van der Waals surface area contributed by atoms with Gasteiger partial charge in [0.2, 0.25) is 11.8 Å². The second kappa shape index (κ2) is 6.96. The summed E-state index contributed by atoms with van der Waals surface area (Å²) in [5, 5.41) is 7.06. The van der Waals surface area contributed by atoms with E-state index in [1.165, 1.54) is 0 Å². The number of amides is 2. The number of aromatic nitrogens is 2. The maximum absolute atomic E-state index is 12.5. The average Bonchev–Trinajstić information content (AvgIpc) is 3.10. The summed E-state index contributed by atoms with van der Waals surface area (Å²) in [4.78, 5) is 26.4. The molecule has 2 aromatic rings. The lowest BCUT2D eigenvalue weighted by atomic mass is 10.1. The third kappa shape index (κ3) is 3.81. The zero-order valence-electron chi connectivity index (χ0n) is 14.7. The molecule has 1 N–H and O–H groups in total. The summed E-state index contributed by atoms with van der Waals surface area (Å²) in [6.45, 7) is 2.79. The van der Waals surface area contributed by atoms with Crippen LogP contribution in [-0.4, -0.2) is 40.1 Å². The topological polar surface area (TPSA) is 76.5 Å². The first-order chi connectivity index (χ1) is 12.0. The smallest absolute Gasteiger partial charge is 0.230 e. The van der Waals surface area contributed by atoms with Gasteiger partial charge in [-0.3, -0.25) is 14.3 Å². The number of likely N-dealkylation sites (tertiary alicyclic amines) is 1. The quantitative estimate of drug-likeness (QED) is 0.898. The summed E-state index contributed by atoms with van der Waals surface area (Å²) >= 11 is 0. The number of nitrogens with one attached hydrogen (secondary N) is 1. The van der Waals surface area contributed by atoms with Crippen LogP contribution >= 0.6 is 0 Å². The Balaban J connectivity index is 1.61. The Morgan fingerprint density at radius 3 is 2.68 bits per heavy atom. The van der Waals surface area contributed by atoms with Crippen LogP contribution in [0.15, 0.2) is 30.3 Å². The predicted octanol–water partition coefficient (Wildman–Crippen LogP) is 1.72. The molecule has 0 bridgehead atoms. The zero-order chi connectivity index (χ0) is 18.0. The molecule has 1 aromatic heterocycles. The highest BCUT2D eigenvalue weighted by atomic mass is 16.5. The van der Waals surface area contributed by atoms with Gasteiger partial charge in [0, 0.05) is 32.6 Å². The van der Waals surface area contributed by atoms with Crippen LogP contribution < -0.4 is 10.1 Å². The Morgan fingerprint density at radius 1 is 1.36 bits per heavy atom. The van der Waals surface area contributed by atoms with E-state index in [4.69, 9.17) is 4.74 Å². The number of aryl methyl sites for hydroxylation is 2. The molecule has 3 rings (SSSR count). The highest BCUT2D eigenvalue weighted by Gasteiger charge is 2.34. The first kappa shape index (κ1) is 17.0. The third-order valence-corrected chi connectivity index (χ3v) is 4.37. The monoisotopic (exact) mass is 342 g/mol. The molecule has 1 aliphatic heterocycles. The number of methoxy groups -OCH3 is 1. The Kier molecular flexibility index (Phi) is 4.74. The molecule has 2 heterocycles. The van der Waals surface area contributed by atoms with Crippen LogP contribution in [0.4, 0.5) is 5.82 Å². The Morgan fingerprint density at radius 2 is 2.08 bits per heavy atom. The van der Waals surface area contributed by atoms with Gasteiger partial charge in [0.1, 0.15) is 11.6 Å². The number of benzene rings is 1. The van der Waals surface area contributed by atoms with Crippen LogP contribution in [0.3, 0.4) is 0 Å². The second-order valence-corrected chi connectivity index (χ2v) is 6.31. The first-order valence-corrected chi connectivity index (χ1v) is 8.18. The van der Waals surface area contributed by atoms with E-state index in [1.54, 1.807) is 23.7 Å². The van der Waals surface area contributed by atoms with Crippen molar-refractivity contribution in [3.05, 3.63) is 41.6 Å². The van der Waals surface area contributed by atoms with Gasteiger partial charge in [-0.05, 0) is 24.6 Å². The number of anilines is 1. The molecule has 1 aromatic carbocycles. The van der Waals surface area contributed by atoms with Crippen molar-refractivity contribution in [2.45, 2.75) is 19.9 Å². The molecular weight excluding hydrogens is 320 g/mol. The number of rotatable bonds is 5. The normalized spacial score (nSPS) is 17.0. The van der Waals surface area contributed by atoms with E-state index < -0.39 is 0 Å². The Bertz CT molecular complexity index is 782. The lowest BCUT2D eigenvalue weighted by molar-refractivity contribution is -0.128. The summed E-state index contributed by atoms with van der Waals surface area (Å²) < 4.78 is 6.76. The van der Waals surface area contributed by atoms with Gasteiger partial charge in [0.15, 0.2) is 0 Å². The molecule has 7 nitrogen and oxygen atoms in total. The van der Waals surface area contributed by atoms with Crippen LogP contribution in [0, 0.1) is 12.8 Å². The molecule has 1 unspecified atom stereocenters. The van der Waals surface area contributed by atoms with Crippen LogP contribution in [-0.2, 0) is 23.2 Å². The number of carbonyl (C=O) groups is 2. The van der Waals surface area contributed by atoms with Crippen molar-refractivity contribution < 1.29 is 14.3 Å². The average molecular weight is 342 g/mol. The summed E-state index contributed by atoms with van der Waals surface area (Å²) in [6.07, 6.45) is 0.235. The fourth-order valence-electron chi connectivity index (χ4n) is 3.01. The number of hydrogen-bond donors (Lipinski definition) is 1. The fraction of sp³-hybridized carbons (Fsp3) is 0.389. The number of hydrogen-bond acceptors (Lipinski definition) is 4. The van der Waals surface area contributed by atoms with Gasteiger partial charge in [-0.25, -0.2) is 0 Å². The minimum Gasteiger partial charge on any atom is -0.497 e. The third-order valence-electron chi connectivity index (χ3n) is 4.37. The van der Waals surface area contributed by atoms with Crippen molar-refractivity contribution in [2.75, 3.05) is 19.0 Å². The van der Waals surface area contributed by atoms with Crippen molar-refractivity contribution in [2.24, 2.45) is 13.0 Å². The molecule has 25 heavy (non-hydrogen) atoms. The Labute approximate surface area is 146 Å². The largest absolute Gasteiger partial charge is 0.497 e. The number of nitrogens with zero attached hydrogens (tertiary/aromatic N) is 3. The van der Waals surface area contributed by atoms with Gasteiger partial charge >= 0.3 is 0 Å². The van der Waals surface area contributed by atoms with E-state index in [1.807, 2.05) is 37.3 Å². The van der Waals surface area contributed by atoms with Crippen molar-refractivity contribution >= 4 is 17.6 Å². The van der Waals surface area contributed by atoms with Crippen LogP contribution in [0.5, 0.6) is 5.75 Å². The lowest BCUT2D eigenvalue weighted by Crippen LogP contribution is -2.28. The minimum absolute atomic E-state index is 0.00263. The summed E-state index contributed by atoms with van der Waals surface area (Å²) in [7, 11) is 3.39. The molecule has 1 aliphatic rings. The molecule has 2 amide bonds. The standard InChI is InChI=1S/C18H22N4O3/c1-12-8-16(21(2)20-12)19-18(24)14-9-17(23)22(11-14)10-13-4-6-15(25-3)7-5-13/h4-8,14H,9-11H2,1-3H3,(H,19,24). The van der Waals surface area contributed by atoms with Crippen molar-refractivity contribution in [1.29, 1.82) is 0 Å². The molecule has 7 heteroatoms. The van der Waals surface area contributed by atoms with Gasteiger partial charge in [-0.1, -0.05) is 12.1 Å². The van der Waals surface area contributed by atoms with Gasteiger partial charge in [0.25, 0.3) is 0 Å². The molecule has 1 saturated heterocycles. The maximum atomic E-state index is 12.5. The molecular formula is C18H22N4O3. The number of carbonyl (C=O) groups excluding carboxylic acids is 2. The van der Waals surface area contributed by atoms with Gasteiger partial charge in [-0.2, -0.15) is 5.10 Å². The summed E-state index contributed by atoms with van der Waals surface area (Å²) in [6, 6.07) is 9.40. The second-order valence-electron chi connectivity index (χ2n) is 6.31. The van der Waals surface area contributed by atoms with Gasteiger partial charge < -0.3 is 15.0 Å². The van der Waals surface area contributed by atoms with Crippen molar-refractivity contribution in [1.82, 2.24) is 14.7 Å². The zero-order valence-corrected chi connectivity index (χ0v) is 14.7. The molecule has 0 spiro atoms. The van der Waals surface area contributed by atoms with Crippen LogP contribution in [0.25, 0.3) is 0 Å². The van der Waals surface area contributed by atoms with Crippen molar-refractivity contribution in [3.63, 3.8) is 0 Å². The SMILES string of the molecule is COc1ccc(CN2CC(C(=O)Nc3cc(C)nn3C)CC2=O)cc1.